The molecule has 0 spiro atoms. The van der Waals surface area contributed by atoms with E-state index in [4.69, 9.17) is 4.74 Å². The van der Waals surface area contributed by atoms with Crippen LogP contribution in [-0.4, -0.2) is 11.0 Å². The first-order valence-electron chi connectivity index (χ1n) is 5.02. The number of aromatic nitrogens is 1. The molecule has 1 aromatic carbocycles. The van der Waals surface area contributed by atoms with Gasteiger partial charge in [0.15, 0.2) is 18.6 Å². The Kier molecular flexibility index (Phi) is 2.27. The first kappa shape index (κ1) is 9.39. The second kappa shape index (κ2) is 3.63. The molecule has 0 unspecified atom stereocenters. The second-order valence-corrected chi connectivity index (χ2v) is 4.61. The van der Waals surface area contributed by atoms with Gasteiger partial charge >= 0.3 is 0 Å². The molecule has 0 saturated carbocycles. The van der Waals surface area contributed by atoms with Crippen molar-refractivity contribution in [1.82, 2.24) is 0 Å². The third-order valence-corrected chi connectivity index (χ3v) is 3.83. The minimum absolute atomic E-state index is 0.462. The number of nitrogens with zero attached hydrogens (tertiary/aromatic N) is 1. The topological polar surface area (TPSA) is 13.1 Å². The van der Waals surface area contributed by atoms with Gasteiger partial charge in [0.1, 0.15) is 0 Å². The molecule has 0 fully saturated rings. The number of ether oxygens (including phenoxy) is 1. The molecule has 0 saturated heterocycles. The normalized spacial score (nSPS) is 18.9. The van der Waals surface area contributed by atoms with Crippen molar-refractivity contribution in [2.45, 2.75) is 6.04 Å². The highest BCUT2D eigenvalue weighted by molar-refractivity contribution is 14.1. The first-order valence-corrected chi connectivity index (χ1v) is 6.54. The molecular formula is C12H11INO+. The maximum Gasteiger partial charge on any atom is 0.255 e. The van der Waals surface area contributed by atoms with E-state index < -0.39 is 0 Å². The van der Waals surface area contributed by atoms with Crippen molar-refractivity contribution in [3.63, 3.8) is 0 Å². The van der Waals surface area contributed by atoms with Crippen LogP contribution >= 0.6 is 22.6 Å². The molecule has 2 nitrogen and oxygen atoms in total. The number of benzene rings is 1. The third-order valence-electron chi connectivity index (χ3n) is 2.81. The summed E-state index contributed by atoms with van der Waals surface area (Å²) in [7, 11) is 0. The van der Waals surface area contributed by atoms with Crippen LogP contribution in [0.2, 0.25) is 0 Å². The predicted octanol–water partition coefficient (Wildman–Crippen LogP) is 2.50. The number of para-hydroxylation sites is 1. The average Bonchev–Trinajstić information content (AvgIpc) is 2.30. The molecule has 2 heterocycles. The van der Waals surface area contributed by atoms with Crippen LogP contribution in [0.5, 0.6) is 5.75 Å². The Morgan fingerprint density at radius 3 is 3.07 bits per heavy atom. The standard InChI is InChI=1S/C12H11INO/c13-7-10-8-15-11-5-1-3-9-4-2-6-14(10)12(9)11/h1-6,10H,7-8H2/q+1/t10-/m0/s1. The fourth-order valence-electron chi connectivity index (χ4n) is 2.07. The highest BCUT2D eigenvalue weighted by atomic mass is 127. The molecule has 0 bridgehead atoms. The van der Waals surface area contributed by atoms with Crippen LogP contribution < -0.4 is 9.30 Å². The lowest BCUT2D eigenvalue weighted by Gasteiger charge is -2.19. The Balaban J connectivity index is 2.36. The van der Waals surface area contributed by atoms with E-state index in [1.807, 2.05) is 12.1 Å². The summed E-state index contributed by atoms with van der Waals surface area (Å²) in [5.74, 6) is 1.01. The zero-order valence-electron chi connectivity index (χ0n) is 8.19. The van der Waals surface area contributed by atoms with Gasteiger partial charge in [0.05, 0.1) is 9.81 Å². The molecule has 0 N–H and O–H groups in total. The lowest BCUT2D eigenvalue weighted by atomic mass is 10.1. The van der Waals surface area contributed by atoms with Crippen LogP contribution in [-0.2, 0) is 0 Å². The van der Waals surface area contributed by atoms with Crippen molar-refractivity contribution in [3.8, 4) is 5.75 Å². The molecular weight excluding hydrogens is 301 g/mol. The maximum absolute atomic E-state index is 5.77. The van der Waals surface area contributed by atoms with Crippen LogP contribution in [0.25, 0.3) is 10.9 Å². The van der Waals surface area contributed by atoms with Gasteiger partial charge in [0, 0.05) is 6.07 Å². The van der Waals surface area contributed by atoms with Crippen LogP contribution in [0.1, 0.15) is 6.04 Å². The van der Waals surface area contributed by atoms with Gasteiger partial charge in [-0.05, 0) is 18.2 Å². The molecule has 1 aliphatic heterocycles. The van der Waals surface area contributed by atoms with Crippen LogP contribution in [0, 0.1) is 0 Å². The Bertz CT molecular complexity index is 507. The van der Waals surface area contributed by atoms with E-state index in [1.165, 1.54) is 10.9 Å². The van der Waals surface area contributed by atoms with Crippen LogP contribution in [0.3, 0.4) is 0 Å². The smallest absolute Gasteiger partial charge is 0.255 e. The van der Waals surface area contributed by atoms with Crippen molar-refractivity contribution in [1.29, 1.82) is 0 Å². The number of pyridine rings is 1. The Labute approximate surface area is 102 Å². The van der Waals surface area contributed by atoms with Gasteiger partial charge in [-0.2, -0.15) is 4.57 Å². The lowest BCUT2D eigenvalue weighted by Crippen LogP contribution is -2.46. The van der Waals surface area contributed by atoms with Crippen molar-refractivity contribution in [2.75, 3.05) is 11.0 Å². The Morgan fingerprint density at radius 2 is 2.20 bits per heavy atom. The zero-order valence-corrected chi connectivity index (χ0v) is 10.3. The fourth-order valence-corrected chi connectivity index (χ4v) is 2.75. The zero-order chi connectivity index (χ0) is 10.3. The van der Waals surface area contributed by atoms with E-state index in [2.05, 4.69) is 51.6 Å². The van der Waals surface area contributed by atoms with Gasteiger partial charge in [-0.3, -0.25) is 0 Å². The number of halogens is 1. The minimum atomic E-state index is 0.462. The van der Waals surface area contributed by atoms with Gasteiger partial charge in [-0.25, -0.2) is 0 Å². The summed E-state index contributed by atoms with van der Waals surface area (Å²) in [6, 6.07) is 10.9. The van der Waals surface area contributed by atoms with Crippen molar-refractivity contribution in [3.05, 3.63) is 36.5 Å². The molecule has 15 heavy (non-hydrogen) atoms. The summed E-state index contributed by atoms with van der Waals surface area (Å²) in [6.07, 6.45) is 2.15. The summed E-state index contributed by atoms with van der Waals surface area (Å²) in [4.78, 5) is 0. The van der Waals surface area contributed by atoms with Gasteiger partial charge in [-0.1, -0.05) is 28.7 Å². The van der Waals surface area contributed by atoms with Crippen LogP contribution in [0.15, 0.2) is 36.5 Å². The number of hydrogen-bond donors (Lipinski definition) is 0. The molecule has 3 heteroatoms. The largest absolute Gasteiger partial charge is 0.480 e. The second-order valence-electron chi connectivity index (χ2n) is 3.73. The summed E-state index contributed by atoms with van der Waals surface area (Å²) in [6.45, 7) is 0.781. The van der Waals surface area contributed by atoms with Gasteiger partial charge in [-0.15, -0.1) is 0 Å². The van der Waals surface area contributed by atoms with Gasteiger partial charge in [0.2, 0.25) is 6.04 Å². The molecule has 2 aromatic rings. The molecule has 0 amide bonds. The van der Waals surface area contributed by atoms with Crippen LogP contribution in [0.4, 0.5) is 0 Å². The quantitative estimate of drug-likeness (QED) is 0.448. The molecule has 1 aliphatic rings. The number of alkyl halides is 1. The van der Waals surface area contributed by atoms with Crippen molar-refractivity contribution < 1.29 is 9.30 Å². The monoisotopic (exact) mass is 312 g/mol. The van der Waals surface area contributed by atoms with E-state index in [0.717, 1.165) is 16.8 Å². The van der Waals surface area contributed by atoms with Crippen molar-refractivity contribution in [2.24, 2.45) is 0 Å². The molecule has 3 rings (SSSR count). The SMILES string of the molecule is IC[C@H]1COc2cccc3ccc[n+]1c23. The molecule has 76 valence electrons. The van der Waals surface area contributed by atoms with E-state index in [1.54, 1.807) is 0 Å². The predicted molar refractivity (Wildman–Crippen MR) is 67.6 cm³/mol. The summed E-state index contributed by atoms with van der Waals surface area (Å²) >= 11 is 2.41. The third kappa shape index (κ3) is 1.40. The highest BCUT2D eigenvalue weighted by Gasteiger charge is 2.28. The summed E-state index contributed by atoms with van der Waals surface area (Å²) in [5.41, 5.74) is 1.23. The number of hydrogen-bond acceptors (Lipinski definition) is 1. The summed E-state index contributed by atoms with van der Waals surface area (Å²) in [5, 5.41) is 1.25. The molecule has 0 radical (unpaired) electrons. The van der Waals surface area contributed by atoms with Gasteiger partial charge in [0.25, 0.3) is 5.52 Å². The van der Waals surface area contributed by atoms with Gasteiger partial charge < -0.3 is 4.74 Å². The fraction of sp³-hybridized carbons (Fsp3) is 0.250. The first-order chi connectivity index (χ1) is 7.40. The summed E-state index contributed by atoms with van der Waals surface area (Å²) < 4.78 is 9.19. The van der Waals surface area contributed by atoms with E-state index in [0.29, 0.717) is 6.04 Å². The van der Waals surface area contributed by atoms with Crippen molar-refractivity contribution >= 4 is 33.5 Å². The highest BCUT2D eigenvalue weighted by Crippen LogP contribution is 2.27. The molecule has 0 aliphatic carbocycles. The lowest BCUT2D eigenvalue weighted by molar-refractivity contribution is -0.698. The van der Waals surface area contributed by atoms with E-state index >= 15 is 0 Å². The Hall–Kier alpha value is -0.840. The number of rotatable bonds is 1. The molecule has 1 aromatic heterocycles. The van der Waals surface area contributed by atoms with E-state index in [9.17, 15) is 0 Å². The molecule has 1 atom stereocenters. The minimum Gasteiger partial charge on any atom is -0.480 e. The maximum atomic E-state index is 5.77. The average molecular weight is 312 g/mol. The Morgan fingerprint density at radius 1 is 1.33 bits per heavy atom. The van der Waals surface area contributed by atoms with E-state index in [-0.39, 0.29) is 0 Å².